The van der Waals surface area contributed by atoms with Gasteiger partial charge in [-0.2, -0.15) is 0 Å². The molecule has 0 aliphatic rings. The summed E-state index contributed by atoms with van der Waals surface area (Å²) in [6.07, 6.45) is 0. The average molecular weight is 194 g/mol. The minimum atomic E-state index is 0.343. The van der Waals surface area contributed by atoms with Crippen molar-refractivity contribution < 1.29 is 0 Å². The van der Waals surface area contributed by atoms with Gasteiger partial charge in [0.05, 0.1) is 0 Å². The molecule has 0 aromatic heterocycles. The van der Waals surface area contributed by atoms with Gasteiger partial charge in [0, 0.05) is 10.00 Å². The van der Waals surface area contributed by atoms with Crippen molar-refractivity contribution in [3.05, 3.63) is 35.9 Å². The van der Waals surface area contributed by atoms with E-state index in [0.717, 1.165) is 0 Å². The lowest BCUT2D eigenvalue weighted by Crippen LogP contribution is -2.09. The Morgan fingerprint density at radius 1 is 1.08 bits per heavy atom. The van der Waals surface area contributed by atoms with Gasteiger partial charge >= 0.3 is 0 Å². The number of thioether (sulfide) groups is 1. The smallest absolute Gasteiger partial charge is 0.0274 e. The lowest BCUT2D eigenvalue weighted by Gasteiger charge is -2.23. The van der Waals surface area contributed by atoms with E-state index in [4.69, 9.17) is 0 Å². The van der Waals surface area contributed by atoms with Crippen molar-refractivity contribution in [3.63, 3.8) is 0 Å². The first-order valence-electron chi connectivity index (χ1n) is 4.72. The predicted octanol–water partition coefficient (Wildman–Crippen LogP) is 4.28. The third-order valence-electron chi connectivity index (χ3n) is 1.80. The van der Waals surface area contributed by atoms with Crippen LogP contribution in [-0.4, -0.2) is 4.75 Å². The molecular weight excluding hydrogens is 176 g/mol. The summed E-state index contributed by atoms with van der Waals surface area (Å²) in [7, 11) is 0. The summed E-state index contributed by atoms with van der Waals surface area (Å²) >= 11 is 2.01. The van der Waals surface area contributed by atoms with Gasteiger partial charge in [0.25, 0.3) is 0 Å². The van der Waals surface area contributed by atoms with Gasteiger partial charge in [0.1, 0.15) is 0 Å². The molecule has 0 aliphatic heterocycles. The molecule has 0 unspecified atom stereocenters. The van der Waals surface area contributed by atoms with Crippen LogP contribution >= 0.6 is 11.8 Å². The van der Waals surface area contributed by atoms with Gasteiger partial charge in [-0.1, -0.05) is 51.1 Å². The summed E-state index contributed by atoms with van der Waals surface area (Å²) in [5.41, 5.74) is 1.42. The van der Waals surface area contributed by atoms with Crippen LogP contribution in [0.25, 0.3) is 0 Å². The summed E-state index contributed by atoms with van der Waals surface area (Å²) in [6.45, 7) is 9.05. The maximum atomic E-state index is 2.27. The zero-order valence-electron chi connectivity index (χ0n) is 8.87. The summed E-state index contributed by atoms with van der Waals surface area (Å²) in [5.74, 6) is 0. The lowest BCUT2D eigenvalue weighted by atomic mass is 10.2. The van der Waals surface area contributed by atoms with Gasteiger partial charge in [-0.3, -0.25) is 0 Å². The Morgan fingerprint density at radius 2 is 1.62 bits per heavy atom. The molecule has 0 saturated carbocycles. The number of rotatable bonds is 2. The second kappa shape index (κ2) is 4.19. The van der Waals surface area contributed by atoms with Gasteiger partial charge in [0.15, 0.2) is 0 Å². The molecule has 1 aromatic carbocycles. The molecular formula is C12H18S. The molecule has 0 nitrogen and oxygen atoms in total. The third kappa shape index (κ3) is 3.86. The van der Waals surface area contributed by atoms with E-state index in [1.165, 1.54) is 5.56 Å². The van der Waals surface area contributed by atoms with Gasteiger partial charge in [-0.05, 0) is 12.5 Å². The minimum Gasteiger partial charge on any atom is -0.148 e. The number of hydrogen-bond acceptors (Lipinski definition) is 1. The SMILES string of the molecule is C[C@H](SC(C)(C)C)c1ccccc1. The molecule has 0 aliphatic carbocycles. The fourth-order valence-electron chi connectivity index (χ4n) is 1.32. The van der Waals surface area contributed by atoms with Crippen LogP contribution in [-0.2, 0) is 0 Å². The molecule has 13 heavy (non-hydrogen) atoms. The fraction of sp³-hybridized carbons (Fsp3) is 0.500. The van der Waals surface area contributed by atoms with Crippen molar-refractivity contribution in [2.24, 2.45) is 0 Å². The molecule has 1 heteroatoms. The van der Waals surface area contributed by atoms with Crippen molar-refractivity contribution in [1.82, 2.24) is 0 Å². The topological polar surface area (TPSA) is 0 Å². The zero-order valence-corrected chi connectivity index (χ0v) is 9.69. The average Bonchev–Trinajstić information content (AvgIpc) is 2.03. The maximum Gasteiger partial charge on any atom is 0.0274 e. The summed E-state index contributed by atoms with van der Waals surface area (Å²) < 4.78 is 0.343. The first kappa shape index (κ1) is 10.6. The van der Waals surface area contributed by atoms with Crippen LogP contribution in [0, 0.1) is 0 Å². The Morgan fingerprint density at radius 3 is 2.08 bits per heavy atom. The molecule has 1 rings (SSSR count). The van der Waals surface area contributed by atoms with Gasteiger partial charge < -0.3 is 0 Å². The molecule has 0 N–H and O–H groups in total. The molecule has 0 amide bonds. The van der Waals surface area contributed by atoms with E-state index in [1.54, 1.807) is 0 Å². The minimum absolute atomic E-state index is 0.343. The first-order chi connectivity index (χ1) is 5.99. The summed E-state index contributed by atoms with van der Waals surface area (Å²) in [4.78, 5) is 0. The van der Waals surface area contributed by atoms with Crippen molar-refractivity contribution >= 4 is 11.8 Å². The van der Waals surface area contributed by atoms with E-state index < -0.39 is 0 Å². The Balaban J connectivity index is 2.64. The second-order valence-electron chi connectivity index (χ2n) is 4.28. The summed E-state index contributed by atoms with van der Waals surface area (Å²) in [6, 6.07) is 10.7. The highest BCUT2D eigenvalue weighted by atomic mass is 32.2. The highest BCUT2D eigenvalue weighted by Gasteiger charge is 2.16. The van der Waals surface area contributed by atoms with E-state index >= 15 is 0 Å². The van der Waals surface area contributed by atoms with E-state index in [0.29, 0.717) is 10.00 Å². The zero-order chi connectivity index (χ0) is 9.90. The van der Waals surface area contributed by atoms with E-state index in [2.05, 4.69) is 58.0 Å². The fourth-order valence-corrected chi connectivity index (χ4v) is 2.68. The Hall–Kier alpha value is -0.430. The molecule has 1 atom stereocenters. The number of benzene rings is 1. The molecule has 0 fully saturated rings. The lowest BCUT2D eigenvalue weighted by molar-refractivity contribution is 0.794. The Bertz CT molecular complexity index is 246. The number of hydrogen-bond donors (Lipinski definition) is 0. The molecule has 0 bridgehead atoms. The van der Waals surface area contributed by atoms with Crippen LogP contribution in [0.15, 0.2) is 30.3 Å². The largest absolute Gasteiger partial charge is 0.148 e. The van der Waals surface area contributed by atoms with Gasteiger partial charge in [0.2, 0.25) is 0 Å². The standard InChI is InChI=1S/C12H18S/c1-10(13-12(2,3)4)11-8-6-5-7-9-11/h5-10H,1-4H3/t10-/m0/s1. The van der Waals surface area contributed by atoms with Gasteiger partial charge in [-0.15, -0.1) is 11.8 Å². The van der Waals surface area contributed by atoms with Gasteiger partial charge in [-0.25, -0.2) is 0 Å². The van der Waals surface area contributed by atoms with Crippen molar-refractivity contribution in [3.8, 4) is 0 Å². The van der Waals surface area contributed by atoms with E-state index in [9.17, 15) is 0 Å². The molecule has 0 heterocycles. The molecule has 1 aromatic rings. The second-order valence-corrected chi connectivity index (χ2v) is 6.45. The normalized spacial score (nSPS) is 14.2. The van der Waals surface area contributed by atoms with Crippen molar-refractivity contribution in [2.45, 2.75) is 37.7 Å². The Kier molecular flexibility index (Phi) is 3.43. The van der Waals surface area contributed by atoms with Crippen LogP contribution < -0.4 is 0 Å². The third-order valence-corrected chi connectivity index (χ3v) is 3.13. The van der Waals surface area contributed by atoms with Crippen molar-refractivity contribution in [2.75, 3.05) is 0 Å². The quantitative estimate of drug-likeness (QED) is 0.677. The van der Waals surface area contributed by atoms with Crippen LogP contribution in [0.5, 0.6) is 0 Å². The van der Waals surface area contributed by atoms with Crippen LogP contribution in [0.2, 0.25) is 0 Å². The molecule has 72 valence electrons. The summed E-state index contributed by atoms with van der Waals surface area (Å²) in [5, 5.41) is 0.584. The molecule has 0 saturated heterocycles. The maximum absolute atomic E-state index is 2.27. The van der Waals surface area contributed by atoms with E-state index in [-0.39, 0.29) is 0 Å². The predicted molar refractivity (Wildman–Crippen MR) is 62.2 cm³/mol. The Labute approximate surface area is 85.7 Å². The highest BCUT2D eigenvalue weighted by Crippen LogP contribution is 2.37. The van der Waals surface area contributed by atoms with Crippen molar-refractivity contribution in [1.29, 1.82) is 0 Å². The monoisotopic (exact) mass is 194 g/mol. The first-order valence-corrected chi connectivity index (χ1v) is 5.60. The molecule has 0 radical (unpaired) electrons. The van der Waals surface area contributed by atoms with Crippen LogP contribution in [0.4, 0.5) is 0 Å². The van der Waals surface area contributed by atoms with Crippen LogP contribution in [0.3, 0.4) is 0 Å². The molecule has 0 spiro atoms. The highest BCUT2D eigenvalue weighted by molar-refractivity contribution is 8.00. The van der Waals surface area contributed by atoms with E-state index in [1.807, 2.05) is 11.8 Å². The van der Waals surface area contributed by atoms with Crippen LogP contribution in [0.1, 0.15) is 38.5 Å².